The van der Waals surface area contributed by atoms with Crippen molar-refractivity contribution in [3.8, 4) is 17.2 Å². The number of hydrogen-bond acceptors (Lipinski definition) is 8. The van der Waals surface area contributed by atoms with Gasteiger partial charge in [0.2, 0.25) is 0 Å². The second-order valence-corrected chi connectivity index (χ2v) is 8.80. The number of carbonyl (C=O) groups is 2. The first-order valence-corrected chi connectivity index (χ1v) is 12.7. The summed E-state index contributed by atoms with van der Waals surface area (Å²) < 4.78 is 17.1. The van der Waals surface area contributed by atoms with Crippen LogP contribution in [0.4, 0.5) is 5.13 Å². The number of ether oxygens (including phenoxy) is 3. The Kier molecular flexibility index (Phi) is 7.90. The third-order valence-electron chi connectivity index (χ3n) is 5.55. The molecular formula is C27H28N2O6S. The highest BCUT2D eigenvalue weighted by atomic mass is 32.1. The van der Waals surface area contributed by atoms with Gasteiger partial charge in [-0.25, -0.2) is 4.98 Å². The van der Waals surface area contributed by atoms with Crippen molar-refractivity contribution in [3.63, 3.8) is 0 Å². The Bertz CT molecular complexity index is 1250. The monoisotopic (exact) mass is 508 g/mol. The van der Waals surface area contributed by atoms with Crippen molar-refractivity contribution in [2.24, 2.45) is 0 Å². The van der Waals surface area contributed by atoms with Gasteiger partial charge in [-0.2, -0.15) is 0 Å². The average Bonchev–Trinajstić information content (AvgIpc) is 3.50. The number of ketones is 1. The molecule has 1 N–H and O–H groups in total. The summed E-state index contributed by atoms with van der Waals surface area (Å²) in [4.78, 5) is 32.1. The molecule has 1 atom stereocenters. The molecule has 0 spiro atoms. The minimum atomic E-state index is -0.901. The lowest BCUT2D eigenvalue weighted by Crippen LogP contribution is -2.29. The van der Waals surface area contributed by atoms with Gasteiger partial charge in [-0.15, -0.1) is 11.3 Å². The number of Topliss-reactive ketones (excluding diaryl/α,β-unsaturated/α-hetero) is 1. The highest BCUT2D eigenvalue weighted by Gasteiger charge is 2.48. The summed E-state index contributed by atoms with van der Waals surface area (Å²) in [5.41, 5.74) is 0.960. The number of anilines is 1. The zero-order valence-electron chi connectivity index (χ0n) is 20.4. The lowest BCUT2D eigenvalue weighted by atomic mass is 9.95. The van der Waals surface area contributed by atoms with E-state index in [1.807, 2.05) is 20.8 Å². The SMILES string of the molecule is CCCOc1ccc(C(O)=C2C(=O)C(=O)N(c3nccs3)C2c2ccc(OCC)c(OCC)c2)cc1. The predicted octanol–water partition coefficient (Wildman–Crippen LogP) is 5.36. The van der Waals surface area contributed by atoms with E-state index in [2.05, 4.69) is 4.98 Å². The fourth-order valence-electron chi connectivity index (χ4n) is 4.00. The van der Waals surface area contributed by atoms with Crippen LogP contribution in [0.5, 0.6) is 17.2 Å². The maximum absolute atomic E-state index is 13.3. The van der Waals surface area contributed by atoms with Gasteiger partial charge in [-0.05, 0) is 62.2 Å². The minimum absolute atomic E-state index is 0.0240. The number of carbonyl (C=O) groups excluding carboxylic acids is 2. The molecule has 1 aromatic heterocycles. The van der Waals surface area contributed by atoms with Gasteiger partial charge in [-0.3, -0.25) is 14.5 Å². The van der Waals surface area contributed by atoms with E-state index >= 15 is 0 Å². The normalized spacial score (nSPS) is 16.9. The maximum atomic E-state index is 13.3. The average molecular weight is 509 g/mol. The lowest BCUT2D eigenvalue weighted by molar-refractivity contribution is -0.132. The van der Waals surface area contributed by atoms with Gasteiger partial charge >= 0.3 is 5.91 Å². The molecule has 8 nitrogen and oxygen atoms in total. The van der Waals surface area contributed by atoms with E-state index in [4.69, 9.17) is 14.2 Å². The van der Waals surface area contributed by atoms with E-state index in [1.165, 1.54) is 16.2 Å². The van der Waals surface area contributed by atoms with Crippen LogP contribution in [-0.2, 0) is 9.59 Å². The lowest BCUT2D eigenvalue weighted by Gasteiger charge is -2.24. The van der Waals surface area contributed by atoms with Gasteiger partial charge in [0, 0.05) is 17.1 Å². The predicted molar refractivity (Wildman–Crippen MR) is 138 cm³/mol. The Morgan fingerprint density at radius 3 is 2.36 bits per heavy atom. The number of aliphatic hydroxyl groups is 1. The molecule has 0 radical (unpaired) electrons. The Labute approximate surface area is 213 Å². The molecule has 1 aliphatic heterocycles. The molecule has 0 bridgehead atoms. The molecule has 4 rings (SSSR count). The Morgan fingerprint density at radius 2 is 1.72 bits per heavy atom. The Morgan fingerprint density at radius 1 is 1.00 bits per heavy atom. The molecule has 9 heteroatoms. The van der Waals surface area contributed by atoms with E-state index in [0.717, 1.165) is 6.42 Å². The van der Waals surface area contributed by atoms with E-state index in [1.54, 1.807) is 54.0 Å². The third-order valence-corrected chi connectivity index (χ3v) is 6.32. The molecular weight excluding hydrogens is 480 g/mol. The molecule has 1 unspecified atom stereocenters. The standard InChI is InChI=1S/C27H28N2O6S/c1-4-14-35-19-10-7-17(8-11-19)24(30)22-23(29(26(32)25(22)31)27-28-13-15-36-27)18-9-12-20(33-5-2)21(16-18)34-6-3/h7-13,15-16,23,30H,4-6,14H2,1-3H3. The van der Waals surface area contributed by atoms with Crippen LogP contribution in [0.1, 0.15) is 44.4 Å². The zero-order valence-corrected chi connectivity index (χ0v) is 21.2. The van der Waals surface area contributed by atoms with Crippen LogP contribution in [0.3, 0.4) is 0 Å². The van der Waals surface area contributed by atoms with Gasteiger partial charge in [0.15, 0.2) is 16.6 Å². The van der Waals surface area contributed by atoms with Crippen molar-refractivity contribution in [2.45, 2.75) is 33.2 Å². The topological polar surface area (TPSA) is 98.2 Å². The van der Waals surface area contributed by atoms with Crippen molar-refractivity contribution >= 4 is 33.9 Å². The third kappa shape index (κ3) is 4.92. The molecule has 3 aromatic rings. The first-order valence-electron chi connectivity index (χ1n) is 11.8. The van der Waals surface area contributed by atoms with Gasteiger partial charge in [-0.1, -0.05) is 13.0 Å². The molecule has 1 saturated heterocycles. The first kappa shape index (κ1) is 25.2. The second-order valence-electron chi connectivity index (χ2n) is 7.93. The van der Waals surface area contributed by atoms with Gasteiger partial charge in [0.1, 0.15) is 11.5 Å². The van der Waals surface area contributed by atoms with Crippen molar-refractivity contribution in [2.75, 3.05) is 24.7 Å². The molecule has 2 aromatic carbocycles. The summed E-state index contributed by atoms with van der Waals surface area (Å²) in [5, 5.41) is 13.4. The molecule has 2 heterocycles. The summed E-state index contributed by atoms with van der Waals surface area (Å²) >= 11 is 1.23. The number of nitrogens with zero attached hydrogens (tertiary/aromatic N) is 2. The summed E-state index contributed by atoms with van der Waals surface area (Å²) in [6.45, 7) is 7.18. The Hall–Kier alpha value is -3.85. The van der Waals surface area contributed by atoms with Gasteiger partial charge in [0.05, 0.1) is 31.4 Å². The van der Waals surface area contributed by atoms with Crippen molar-refractivity contribution < 1.29 is 28.9 Å². The summed E-state index contributed by atoms with van der Waals surface area (Å²) in [7, 11) is 0. The number of benzene rings is 2. The molecule has 1 fully saturated rings. The van der Waals surface area contributed by atoms with Crippen molar-refractivity contribution in [1.29, 1.82) is 0 Å². The van der Waals surface area contributed by atoms with Gasteiger partial charge < -0.3 is 19.3 Å². The van der Waals surface area contributed by atoms with Crippen LogP contribution in [-0.4, -0.2) is 41.6 Å². The molecule has 188 valence electrons. The smallest absolute Gasteiger partial charge is 0.301 e. The second kappa shape index (κ2) is 11.3. The summed E-state index contributed by atoms with van der Waals surface area (Å²) in [6, 6.07) is 11.1. The van der Waals surface area contributed by atoms with E-state index in [-0.39, 0.29) is 11.3 Å². The van der Waals surface area contributed by atoms with E-state index < -0.39 is 17.7 Å². The molecule has 1 aliphatic rings. The summed E-state index contributed by atoms with van der Waals surface area (Å²) in [6.07, 6.45) is 2.43. The van der Waals surface area contributed by atoms with Crippen LogP contribution < -0.4 is 19.1 Å². The van der Waals surface area contributed by atoms with Crippen LogP contribution in [0.2, 0.25) is 0 Å². The van der Waals surface area contributed by atoms with Crippen LogP contribution >= 0.6 is 11.3 Å². The van der Waals surface area contributed by atoms with Gasteiger partial charge in [0.25, 0.3) is 5.78 Å². The maximum Gasteiger partial charge on any atom is 0.301 e. The number of rotatable bonds is 10. The Balaban J connectivity index is 1.85. The van der Waals surface area contributed by atoms with E-state index in [0.29, 0.717) is 53.3 Å². The molecule has 0 aliphatic carbocycles. The molecule has 0 saturated carbocycles. The van der Waals surface area contributed by atoms with Crippen LogP contribution in [0, 0.1) is 0 Å². The molecule has 1 amide bonds. The van der Waals surface area contributed by atoms with E-state index in [9.17, 15) is 14.7 Å². The fourth-order valence-corrected chi connectivity index (χ4v) is 4.67. The van der Waals surface area contributed by atoms with Crippen molar-refractivity contribution in [1.82, 2.24) is 4.98 Å². The number of aromatic nitrogens is 1. The molecule has 36 heavy (non-hydrogen) atoms. The highest BCUT2D eigenvalue weighted by Crippen LogP contribution is 2.44. The highest BCUT2D eigenvalue weighted by molar-refractivity contribution is 7.14. The number of aliphatic hydroxyl groups excluding tert-OH is 1. The van der Waals surface area contributed by atoms with Crippen LogP contribution in [0.25, 0.3) is 5.76 Å². The number of thiazole rings is 1. The number of hydrogen-bond donors (Lipinski definition) is 1. The zero-order chi connectivity index (χ0) is 25.7. The number of amides is 1. The minimum Gasteiger partial charge on any atom is -0.507 e. The largest absolute Gasteiger partial charge is 0.507 e. The van der Waals surface area contributed by atoms with Crippen LogP contribution in [0.15, 0.2) is 59.6 Å². The summed E-state index contributed by atoms with van der Waals surface area (Å²) in [5.74, 6) is -0.125. The quantitative estimate of drug-likeness (QED) is 0.224. The first-order chi connectivity index (χ1) is 17.5. The fraction of sp³-hybridized carbons (Fsp3) is 0.296. The van der Waals surface area contributed by atoms with Crippen molar-refractivity contribution in [3.05, 3.63) is 70.7 Å².